The Bertz CT molecular complexity index is 1830. The molecular weight excluding hydrogens is 711 g/mol. The van der Waals surface area contributed by atoms with Crippen molar-refractivity contribution >= 4 is 25.8 Å². The zero-order valence-corrected chi connectivity index (χ0v) is 39.6. The van der Waals surface area contributed by atoms with E-state index in [4.69, 9.17) is 0 Å². The molecule has 0 nitrogen and oxygen atoms in total. The van der Waals surface area contributed by atoms with Gasteiger partial charge in [-0.1, -0.05) is 0 Å². The summed E-state index contributed by atoms with van der Waals surface area (Å²) in [5.41, 5.74) is 17.2. The molecule has 1 atom stereocenters. The Kier molecular flexibility index (Phi) is 14.5. The standard InChI is InChI=1S/C54H78P2/c1-35(2)41-31-47(37(5)6)53(48(32-41)38(7)8)45-27-19-21-29-51(45)55-56(43-23-15-13-16-24-43,44-25-17-14-18-26-44)52-30-22-20-28-46(52)54-49(39(9)10)33-42(36(3)4)34-50(54)40(11)12/h19-22,27-40,43-44,55-56H,13-18,23-26H2,1-12H3. The summed E-state index contributed by atoms with van der Waals surface area (Å²) in [5, 5.41) is 3.48. The van der Waals surface area contributed by atoms with Gasteiger partial charge in [0.15, 0.2) is 0 Å². The molecule has 0 aliphatic heterocycles. The van der Waals surface area contributed by atoms with Crippen molar-refractivity contribution in [2.24, 2.45) is 0 Å². The van der Waals surface area contributed by atoms with E-state index < -0.39 is 6.95 Å². The van der Waals surface area contributed by atoms with Gasteiger partial charge in [0.2, 0.25) is 0 Å². The van der Waals surface area contributed by atoms with Crippen LogP contribution in [0.25, 0.3) is 22.3 Å². The Hall–Kier alpha value is -2.26. The van der Waals surface area contributed by atoms with Gasteiger partial charge in [-0.2, -0.15) is 0 Å². The number of benzene rings is 4. The van der Waals surface area contributed by atoms with Crippen LogP contribution < -0.4 is 10.6 Å². The van der Waals surface area contributed by atoms with E-state index in [1.165, 1.54) is 75.3 Å². The van der Waals surface area contributed by atoms with Gasteiger partial charge >= 0.3 is 348 Å². The third kappa shape index (κ3) is 8.84. The molecule has 2 aliphatic carbocycles. The minimum absolute atomic E-state index is 0.467. The zero-order valence-electron chi connectivity index (χ0n) is 37.6. The SMILES string of the molecule is CC(C)c1cc(C(C)C)c(-c2ccccc2P[PH](c2ccccc2-c2c(C(C)C)cc(C(C)C)cc2C(C)C)(C2CCCCC2)C2CCCCC2)c(C(C)C)c1. The van der Waals surface area contributed by atoms with Gasteiger partial charge in [-0.3, -0.25) is 0 Å². The fourth-order valence-electron chi connectivity index (χ4n) is 10.8. The normalized spacial score (nSPS) is 16.9. The molecule has 2 fully saturated rings. The molecular formula is C54H78P2. The maximum atomic E-state index is 2.71. The van der Waals surface area contributed by atoms with Crippen LogP contribution in [-0.2, 0) is 0 Å². The molecule has 0 heterocycles. The molecule has 56 heavy (non-hydrogen) atoms. The summed E-state index contributed by atoms with van der Waals surface area (Å²) in [6.07, 6.45) is 14.1. The van der Waals surface area contributed by atoms with E-state index in [0.717, 1.165) is 19.6 Å². The van der Waals surface area contributed by atoms with E-state index in [1.54, 1.807) is 49.8 Å². The van der Waals surface area contributed by atoms with E-state index in [2.05, 4.69) is 156 Å². The second-order valence-electron chi connectivity index (χ2n) is 19.8. The Morgan fingerprint density at radius 3 is 1.18 bits per heavy atom. The molecule has 4 aromatic rings. The summed E-state index contributed by atoms with van der Waals surface area (Å²) < 4.78 is 0. The van der Waals surface area contributed by atoms with Gasteiger partial charge in [-0.15, -0.1) is 0 Å². The van der Waals surface area contributed by atoms with Crippen molar-refractivity contribution in [2.45, 2.75) is 194 Å². The van der Waals surface area contributed by atoms with Crippen LogP contribution in [0, 0.1) is 0 Å². The molecule has 304 valence electrons. The van der Waals surface area contributed by atoms with Crippen molar-refractivity contribution in [1.29, 1.82) is 0 Å². The average Bonchev–Trinajstić information content (AvgIpc) is 3.19. The first-order valence-corrected chi connectivity index (χ1v) is 27.2. The third-order valence-electron chi connectivity index (χ3n) is 13.9. The van der Waals surface area contributed by atoms with Crippen molar-refractivity contribution in [3.63, 3.8) is 0 Å². The van der Waals surface area contributed by atoms with E-state index >= 15 is 0 Å². The van der Waals surface area contributed by atoms with Crippen molar-refractivity contribution in [3.05, 3.63) is 106 Å². The molecule has 4 aromatic carbocycles. The molecule has 2 aliphatic rings. The van der Waals surface area contributed by atoms with Gasteiger partial charge in [0.05, 0.1) is 0 Å². The summed E-state index contributed by atoms with van der Waals surface area (Å²) >= 11 is 0. The van der Waals surface area contributed by atoms with Gasteiger partial charge in [0.1, 0.15) is 0 Å². The van der Waals surface area contributed by atoms with Gasteiger partial charge < -0.3 is 0 Å². The van der Waals surface area contributed by atoms with Crippen LogP contribution in [0.2, 0.25) is 0 Å². The Morgan fingerprint density at radius 2 is 0.786 bits per heavy atom. The fraction of sp³-hybridized carbons (Fsp3) is 0.556. The molecule has 0 spiro atoms. The quantitative estimate of drug-likeness (QED) is 0.118. The van der Waals surface area contributed by atoms with Crippen LogP contribution in [0.3, 0.4) is 0 Å². The van der Waals surface area contributed by atoms with Crippen LogP contribution in [0.15, 0.2) is 72.8 Å². The molecule has 0 radical (unpaired) electrons. The summed E-state index contributed by atoms with van der Waals surface area (Å²) in [5.74, 6) is 2.91. The first-order valence-electron chi connectivity index (χ1n) is 23.1. The first kappa shape index (κ1) is 43.3. The topological polar surface area (TPSA) is 0 Å². The van der Waals surface area contributed by atoms with Crippen molar-refractivity contribution in [3.8, 4) is 22.3 Å². The Morgan fingerprint density at radius 1 is 0.429 bits per heavy atom. The van der Waals surface area contributed by atoms with E-state index in [9.17, 15) is 0 Å². The van der Waals surface area contributed by atoms with Crippen LogP contribution in [0.1, 0.15) is 216 Å². The van der Waals surface area contributed by atoms with E-state index in [1.807, 2.05) is 5.30 Å². The van der Waals surface area contributed by atoms with E-state index in [-0.39, 0.29) is 0 Å². The van der Waals surface area contributed by atoms with Gasteiger partial charge in [0.25, 0.3) is 0 Å². The van der Waals surface area contributed by atoms with Crippen LogP contribution >= 0.6 is 15.2 Å². The van der Waals surface area contributed by atoms with E-state index in [0.29, 0.717) is 35.5 Å². The van der Waals surface area contributed by atoms with Crippen LogP contribution in [0.4, 0.5) is 0 Å². The second-order valence-corrected chi connectivity index (χ2v) is 27.8. The fourth-order valence-corrected chi connectivity index (χ4v) is 23.5. The van der Waals surface area contributed by atoms with Crippen LogP contribution in [-0.4, -0.2) is 11.3 Å². The summed E-state index contributed by atoms with van der Waals surface area (Å²) in [7, 11) is 0.858. The van der Waals surface area contributed by atoms with Crippen LogP contribution in [0.5, 0.6) is 0 Å². The first-order chi connectivity index (χ1) is 26.8. The molecule has 0 saturated heterocycles. The molecule has 0 amide bonds. The molecule has 2 saturated carbocycles. The average molecular weight is 789 g/mol. The monoisotopic (exact) mass is 789 g/mol. The number of hydrogen-bond donors (Lipinski definition) is 0. The van der Waals surface area contributed by atoms with Crippen molar-refractivity contribution < 1.29 is 0 Å². The molecule has 6 rings (SSSR count). The van der Waals surface area contributed by atoms with Gasteiger partial charge in [0, 0.05) is 0 Å². The van der Waals surface area contributed by atoms with Gasteiger partial charge in [-0.25, -0.2) is 0 Å². The molecule has 2 heteroatoms. The molecule has 0 bridgehead atoms. The predicted octanol–water partition coefficient (Wildman–Crippen LogP) is 16.7. The maximum absolute atomic E-state index is 2.71. The predicted molar refractivity (Wildman–Crippen MR) is 258 cm³/mol. The summed E-state index contributed by atoms with van der Waals surface area (Å²) in [6.45, 7) is 26.8. The summed E-state index contributed by atoms with van der Waals surface area (Å²) in [6, 6.07) is 30.4. The van der Waals surface area contributed by atoms with Crippen molar-refractivity contribution in [1.82, 2.24) is 0 Å². The minimum atomic E-state index is -2.24. The second kappa shape index (κ2) is 18.8. The zero-order chi connectivity index (χ0) is 40.3. The molecule has 0 aromatic heterocycles. The number of hydrogen-bond acceptors (Lipinski definition) is 0. The summed E-state index contributed by atoms with van der Waals surface area (Å²) in [4.78, 5) is 0. The number of rotatable bonds is 13. The van der Waals surface area contributed by atoms with Crippen molar-refractivity contribution in [2.75, 3.05) is 0 Å². The Labute approximate surface area is 346 Å². The van der Waals surface area contributed by atoms with Gasteiger partial charge in [-0.05, 0) is 0 Å². The third-order valence-corrected chi connectivity index (χ3v) is 25.4. The molecule has 0 N–H and O–H groups in total. The Balaban J connectivity index is 1.70. The molecule has 1 unspecified atom stereocenters.